The van der Waals surface area contributed by atoms with Crippen LogP contribution in [0.5, 0.6) is 0 Å². The third-order valence-corrected chi connectivity index (χ3v) is 3.47. The molecule has 0 radical (unpaired) electrons. The molecule has 0 aromatic carbocycles. The summed E-state index contributed by atoms with van der Waals surface area (Å²) in [7, 11) is 0. The molecule has 1 aromatic rings. The predicted molar refractivity (Wildman–Crippen MR) is 64.3 cm³/mol. The molecule has 2 atom stereocenters. The highest BCUT2D eigenvalue weighted by Gasteiger charge is 2.23. The summed E-state index contributed by atoms with van der Waals surface area (Å²) in [6.07, 6.45) is 7.31. The molecular formula is C13H18N2O2. The fourth-order valence-corrected chi connectivity index (χ4v) is 2.37. The number of amides is 1. The minimum absolute atomic E-state index is 0.144. The minimum Gasteiger partial charge on any atom is -0.619 e. The second-order valence-electron chi connectivity index (χ2n) is 4.79. The Morgan fingerprint density at radius 2 is 2.24 bits per heavy atom. The number of carbonyl (C=O) groups excluding carboxylic acids is 1. The van der Waals surface area contributed by atoms with Gasteiger partial charge in [0.25, 0.3) is 5.91 Å². The van der Waals surface area contributed by atoms with Crippen LogP contribution in [0.1, 0.15) is 43.0 Å². The Morgan fingerprint density at radius 3 is 2.94 bits per heavy atom. The second kappa shape index (κ2) is 5.17. The van der Waals surface area contributed by atoms with Gasteiger partial charge in [0, 0.05) is 12.1 Å². The number of nitrogens with one attached hydrogen (secondary N) is 1. The van der Waals surface area contributed by atoms with Crippen molar-refractivity contribution in [1.82, 2.24) is 5.32 Å². The molecule has 1 amide bonds. The van der Waals surface area contributed by atoms with Gasteiger partial charge in [-0.25, -0.2) is 0 Å². The van der Waals surface area contributed by atoms with Gasteiger partial charge in [-0.15, -0.1) is 0 Å². The van der Waals surface area contributed by atoms with E-state index in [0.29, 0.717) is 16.2 Å². The maximum absolute atomic E-state index is 11.9. The van der Waals surface area contributed by atoms with Crippen LogP contribution in [0.15, 0.2) is 24.5 Å². The Hall–Kier alpha value is -1.58. The molecule has 17 heavy (non-hydrogen) atoms. The van der Waals surface area contributed by atoms with E-state index < -0.39 is 0 Å². The zero-order chi connectivity index (χ0) is 12.3. The van der Waals surface area contributed by atoms with Crippen LogP contribution in [0.25, 0.3) is 0 Å². The summed E-state index contributed by atoms with van der Waals surface area (Å²) in [5.41, 5.74) is 0.431. The van der Waals surface area contributed by atoms with Crippen LogP contribution in [0.3, 0.4) is 0 Å². The summed E-state index contributed by atoms with van der Waals surface area (Å²) in [6, 6.07) is 3.50. The fraction of sp³-hybridized carbons (Fsp3) is 0.538. The molecule has 92 valence electrons. The molecule has 4 heteroatoms. The number of aromatic nitrogens is 1. The summed E-state index contributed by atoms with van der Waals surface area (Å²) in [5.74, 6) is 0.379. The van der Waals surface area contributed by atoms with Crippen molar-refractivity contribution in [3.05, 3.63) is 35.3 Å². The van der Waals surface area contributed by atoms with Crippen molar-refractivity contribution >= 4 is 5.91 Å². The standard InChI is InChI=1S/C13H18N2O2/c1-10-5-2-3-7-12(10)14-13(16)11-6-4-8-15(17)9-11/h4,6,8-10,12H,2-3,5,7H2,1H3,(H,14,16). The summed E-state index contributed by atoms with van der Waals surface area (Å²) in [6.45, 7) is 2.17. The lowest BCUT2D eigenvalue weighted by Gasteiger charge is -2.29. The first kappa shape index (κ1) is 11.9. The maximum atomic E-state index is 11.9. The fourth-order valence-electron chi connectivity index (χ4n) is 2.37. The van der Waals surface area contributed by atoms with Gasteiger partial charge in [0.1, 0.15) is 5.56 Å². The second-order valence-corrected chi connectivity index (χ2v) is 4.79. The Bertz CT molecular complexity index is 406. The predicted octanol–water partition coefficient (Wildman–Crippen LogP) is 1.63. The average Bonchev–Trinajstić information content (AvgIpc) is 2.32. The molecule has 1 saturated carbocycles. The van der Waals surface area contributed by atoms with Crippen molar-refractivity contribution in [2.45, 2.75) is 38.6 Å². The lowest BCUT2D eigenvalue weighted by Crippen LogP contribution is -2.41. The van der Waals surface area contributed by atoms with Gasteiger partial charge in [-0.3, -0.25) is 4.79 Å². The van der Waals surface area contributed by atoms with Gasteiger partial charge < -0.3 is 10.5 Å². The van der Waals surface area contributed by atoms with Crippen LogP contribution in [0.2, 0.25) is 0 Å². The van der Waals surface area contributed by atoms with Gasteiger partial charge in [0.05, 0.1) is 0 Å². The maximum Gasteiger partial charge on any atom is 0.257 e. The van der Waals surface area contributed by atoms with Crippen molar-refractivity contribution in [2.75, 3.05) is 0 Å². The topological polar surface area (TPSA) is 56.0 Å². The van der Waals surface area contributed by atoms with Crippen molar-refractivity contribution in [3.8, 4) is 0 Å². The highest BCUT2D eigenvalue weighted by molar-refractivity contribution is 5.93. The summed E-state index contributed by atoms with van der Waals surface area (Å²) in [5, 5.41) is 14.1. The minimum atomic E-state index is -0.144. The molecule has 1 N–H and O–H groups in total. The molecule has 2 unspecified atom stereocenters. The molecule has 0 bridgehead atoms. The van der Waals surface area contributed by atoms with Crippen molar-refractivity contribution in [2.24, 2.45) is 5.92 Å². The normalized spacial score (nSPS) is 24.3. The molecule has 2 rings (SSSR count). The molecule has 1 heterocycles. The van der Waals surface area contributed by atoms with E-state index >= 15 is 0 Å². The highest BCUT2D eigenvalue weighted by Crippen LogP contribution is 2.23. The van der Waals surface area contributed by atoms with Gasteiger partial charge in [-0.2, -0.15) is 4.73 Å². The lowest BCUT2D eigenvalue weighted by molar-refractivity contribution is -0.605. The van der Waals surface area contributed by atoms with E-state index in [1.165, 1.54) is 31.7 Å². The molecule has 1 fully saturated rings. The van der Waals surface area contributed by atoms with Crippen molar-refractivity contribution in [3.63, 3.8) is 0 Å². The molecule has 0 aliphatic heterocycles. The van der Waals surface area contributed by atoms with Crippen LogP contribution in [-0.4, -0.2) is 11.9 Å². The van der Waals surface area contributed by atoms with Crippen molar-refractivity contribution < 1.29 is 9.52 Å². The highest BCUT2D eigenvalue weighted by atomic mass is 16.5. The molecule has 1 aliphatic rings. The SMILES string of the molecule is CC1CCCCC1NC(=O)c1ccc[n+]([O-])c1. The number of hydrogen-bond acceptors (Lipinski definition) is 2. The molecule has 0 spiro atoms. The van der Waals surface area contributed by atoms with Gasteiger partial charge in [0.15, 0.2) is 12.4 Å². The number of carbonyl (C=O) groups is 1. The number of pyridine rings is 1. The van der Waals surface area contributed by atoms with E-state index in [1.807, 2.05) is 0 Å². The quantitative estimate of drug-likeness (QED) is 0.624. The van der Waals surface area contributed by atoms with E-state index in [-0.39, 0.29) is 11.9 Å². The number of nitrogens with zero attached hydrogens (tertiary/aromatic N) is 1. The first-order valence-electron chi connectivity index (χ1n) is 6.16. The zero-order valence-corrected chi connectivity index (χ0v) is 10.1. The van der Waals surface area contributed by atoms with Gasteiger partial charge in [-0.05, 0) is 24.8 Å². The molecular weight excluding hydrogens is 216 g/mol. The van der Waals surface area contributed by atoms with E-state index in [9.17, 15) is 10.0 Å². The third-order valence-electron chi connectivity index (χ3n) is 3.47. The van der Waals surface area contributed by atoms with Crippen LogP contribution < -0.4 is 10.0 Å². The van der Waals surface area contributed by atoms with E-state index in [4.69, 9.17) is 0 Å². The summed E-state index contributed by atoms with van der Waals surface area (Å²) >= 11 is 0. The first-order chi connectivity index (χ1) is 8.16. The Balaban J connectivity index is 2.01. The first-order valence-corrected chi connectivity index (χ1v) is 6.16. The number of rotatable bonds is 2. The molecule has 4 nitrogen and oxygen atoms in total. The van der Waals surface area contributed by atoms with Crippen molar-refractivity contribution in [1.29, 1.82) is 0 Å². The lowest BCUT2D eigenvalue weighted by atomic mass is 9.86. The van der Waals surface area contributed by atoms with Crippen LogP contribution in [0, 0.1) is 11.1 Å². The van der Waals surface area contributed by atoms with Gasteiger partial charge in [0.2, 0.25) is 0 Å². The van der Waals surface area contributed by atoms with Gasteiger partial charge in [-0.1, -0.05) is 19.8 Å². The Morgan fingerprint density at radius 1 is 1.47 bits per heavy atom. The Kier molecular flexibility index (Phi) is 3.61. The average molecular weight is 234 g/mol. The summed E-state index contributed by atoms with van der Waals surface area (Å²) in [4.78, 5) is 11.9. The van der Waals surface area contributed by atoms with E-state index in [1.54, 1.807) is 12.1 Å². The van der Waals surface area contributed by atoms with Crippen LogP contribution >= 0.6 is 0 Å². The van der Waals surface area contributed by atoms with Gasteiger partial charge >= 0.3 is 0 Å². The molecule has 0 saturated heterocycles. The Labute approximate surface area is 101 Å². The smallest absolute Gasteiger partial charge is 0.257 e. The monoisotopic (exact) mass is 234 g/mol. The third kappa shape index (κ3) is 2.96. The molecule has 1 aromatic heterocycles. The van der Waals surface area contributed by atoms with E-state index in [0.717, 1.165) is 6.42 Å². The van der Waals surface area contributed by atoms with Crippen LogP contribution in [-0.2, 0) is 0 Å². The van der Waals surface area contributed by atoms with Crippen LogP contribution in [0.4, 0.5) is 0 Å². The van der Waals surface area contributed by atoms with E-state index in [2.05, 4.69) is 12.2 Å². The zero-order valence-electron chi connectivity index (χ0n) is 10.1. The largest absolute Gasteiger partial charge is 0.619 e. The summed E-state index contributed by atoms with van der Waals surface area (Å²) < 4.78 is 0.652. The number of hydrogen-bond donors (Lipinski definition) is 1. The molecule has 1 aliphatic carbocycles.